The van der Waals surface area contributed by atoms with Crippen molar-refractivity contribution in [1.29, 1.82) is 0 Å². The molecule has 0 aliphatic rings. The number of H-pyrrole nitrogens is 2. The molecule has 0 fully saturated rings. The van der Waals surface area contributed by atoms with E-state index in [4.69, 9.17) is 4.74 Å². The van der Waals surface area contributed by atoms with E-state index in [9.17, 15) is 19.5 Å². The van der Waals surface area contributed by atoms with Crippen molar-refractivity contribution < 1.29 is 14.6 Å². The lowest BCUT2D eigenvalue weighted by atomic mass is 10.1. The number of halogens is 1. The third kappa shape index (κ3) is 4.60. The fraction of sp³-hybridized carbons (Fsp3) is 0.130. The summed E-state index contributed by atoms with van der Waals surface area (Å²) in [6, 6.07) is 13.5. The van der Waals surface area contributed by atoms with Gasteiger partial charge in [0.2, 0.25) is 5.88 Å². The second kappa shape index (κ2) is 9.45. The van der Waals surface area contributed by atoms with Gasteiger partial charge in [-0.1, -0.05) is 18.2 Å². The number of rotatable bonds is 6. The van der Waals surface area contributed by atoms with Gasteiger partial charge in [0, 0.05) is 33.3 Å². The van der Waals surface area contributed by atoms with E-state index < -0.39 is 29.1 Å². The number of aliphatic imine (C=N–C) groups is 1. The van der Waals surface area contributed by atoms with E-state index in [2.05, 4.69) is 37.6 Å². The Morgan fingerprint density at radius 3 is 2.67 bits per heavy atom. The molecule has 168 valence electrons. The van der Waals surface area contributed by atoms with E-state index in [1.54, 1.807) is 30.5 Å². The van der Waals surface area contributed by atoms with E-state index in [1.165, 1.54) is 7.11 Å². The zero-order valence-electron chi connectivity index (χ0n) is 17.4. The maximum atomic E-state index is 12.4. The number of nitrogens with zero attached hydrogens (tertiary/aromatic N) is 2. The number of carbonyl (C=O) groups is 1. The molecule has 4 rings (SSSR count). The number of aromatic amines is 2. The fourth-order valence-electron chi connectivity index (χ4n) is 3.49. The SMILES string of the molecule is COC(=O)[C@@H](Cc1c[nH]c2ccccc12)N=Cc1c(O)n(-c2ccc(I)cc2)c(=O)[nH]c1=O. The number of esters is 1. The Bertz CT molecular complexity index is 1470. The highest BCUT2D eigenvalue weighted by molar-refractivity contribution is 14.1. The largest absolute Gasteiger partial charge is 0.493 e. The van der Waals surface area contributed by atoms with Crippen LogP contribution in [-0.2, 0) is 16.0 Å². The first-order valence-electron chi connectivity index (χ1n) is 9.89. The van der Waals surface area contributed by atoms with Crippen LogP contribution in [0.25, 0.3) is 16.6 Å². The molecule has 10 heteroatoms. The summed E-state index contributed by atoms with van der Waals surface area (Å²) in [5, 5.41) is 11.6. The summed E-state index contributed by atoms with van der Waals surface area (Å²) in [6.45, 7) is 0. The highest BCUT2D eigenvalue weighted by atomic mass is 127. The molecule has 1 atom stereocenters. The van der Waals surface area contributed by atoms with Crippen molar-refractivity contribution in [3.63, 3.8) is 0 Å². The quantitative estimate of drug-likeness (QED) is 0.190. The highest BCUT2D eigenvalue weighted by Gasteiger charge is 2.21. The number of para-hydroxylation sites is 1. The molecule has 0 amide bonds. The van der Waals surface area contributed by atoms with Crippen LogP contribution in [0.5, 0.6) is 5.88 Å². The molecule has 33 heavy (non-hydrogen) atoms. The molecule has 4 aromatic rings. The van der Waals surface area contributed by atoms with Crippen LogP contribution >= 0.6 is 22.6 Å². The van der Waals surface area contributed by atoms with Crippen LogP contribution in [0.2, 0.25) is 0 Å². The Balaban J connectivity index is 1.72. The van der Waals surface area contributed by atoms with E-state index in [0.717, 1.165) is 30.8 Å². The van der Waals surface area contributed by atoms with E-state index in [-0.39, 0.29) is 12.0 Å². The van der Waals surface area contributed by atoms with Gasteiger partial charge in [-0.25, -0.2) is 14.2 Å². The van der Waals surface area contributed by atoms with Crippen molar-refractivity contribution in [1.82, 2.24) is 14.5 Å². The van der Waals surface area contributed by atoms with E-state index >= 15 is 0 Å². The van der Waals surface area contributed by atoms with Crippen LogP contribution < -0.4 is 11.2 Å². The lowest BCUT2D eigenvalue weighted by Crippen LogP contribution is -2.31. The van der Waals surface area contributed by atoms with Crippen molar-refractivity contribution in [2.75, 3.05) is 7.11 Å². The van der Waals surface area contributed by atoms with Gasteiger partial charge in [0.05, 0.1) is 12.8 Å². The minimum Gasteiger partial charge on any atom is -0.493 e. The van der Waals surface area contributed by atoms with Gasteiger partial charge in [-0.3, -0.25) is 14.8 Å². The Morgan fingerprint density at radius 2 is 1.94 bits per heavy atom. The maximum absolute atomic E-state index is 12.4. The monoisotopic (exact) mass is 558 g/mol. The number of methoxy groups -OCH3 is 1. The molecule has 2 aromatic carbocycles. The topological polar surface area (TPSA) is 130 Å². The molecule has 3 N–H and O–H groups in total. The van der Waals surface area contributed by atoms with Gasteiger partial charge in [0.25, 0.3) is 5.56 Å². The number of ether oxygens (including phenoxy) is 1. The van der Waals surface area contributed by atoms with Gasteiger partial charge in [0.15, 0.2) is 6.04 Å². The minimum atomic E-state index is -0.966. The average molecular weight is 558 g/mol. The second-order valence-corrected chi connectivity index (χ2v) is 8.43. The molecule has 0 aliphatic heterocycles. The zero-order valence-corrected chi connectivity index (χ0v) is 19.6. The molecule has 2 aromatic heterocycles. The number of hydrogen-bond donors (Lipinski definition) is 3. The molecule has 0 saturated carbocycles. The van der Waals surface area contributed by atoms with Crippen molar-refractivity contribution in [2.45, 2.75) is 12.5 Å². The lowest BCUT2D eigenvalue weighted by molar-refractivity contribution is -0.142. The summed E-state index contributed by atoms with van der Waals surface area (Å²) in [6.07, 6.45) is 3.09. The third-order valence-corrected chi connectivity index (χ3v) is 5.87. The number of hydrogen-bond acceptors (Lipinski definition) is 6. The van der Waals surface area contributed by atoms with E-state index in [1.807, 2.05) is 24.3 Å². The lowest BCUT2D eigenvalue weighted by Gasteiger charge is -2.11. The van der Waals surface area contributed by atoms with Crippen LogP contribution in [0, 0.1) is 3.57 Å². The molecule has 0 saturated heterocycles. The number of carbonyl (C=O) groups excluding carboxylic acids is 1. The van der Waals surface area contributed by atoms with Gasteiger partial charge in [0.1, 0.15) is 5.56 Å². The second-order valence-electron chi connectivity index (χ2n) is 7.19. The predicted molar refractivity (Wildman–Crippen MR) is 132 cm³/mol. The van der Waals surface area contributed by atoms with Crippen LogP contribution in [0.3, 0.4) is 0 Å². The number of benzene rings is 2. The van der Waals surface area contributed by atoms with Crippen molar-refractivity contribution in [3.05, 3.63) is 90.3 Å². The predicted octanol–water partition coefficient (Wildman–Crippen LogP) is 2.52. The first-order chi connectivity index (χ1) is 15.9. The molecule has 0 aliphatic carbocycles. The standard InChI is InChI=1S/C23H19IN4O5/c1-33-22(31)19(10-13-11-25-18-5-3-2-4-16(13)18)26-12-17-20(29)27-23(32)28(21(17)30)15-8-6-14(24)7-9-15/h2-9,11-12,19,25,30H,10H2,1H3,(H,27,29,32)/t19-/m1/s1. The van der Waals surface area contributed by atoms with Crippen LogP contribution in [0.1, 0.15) is 11.1 Å². The van der Waals surface area contributed by atoms with Crippen LogP contribution in [0.4, 0.5) is 0 Å². The molecular formula is C23H19IN4O5. The third-order valence-electron chi connectivity index (χ3n) is 5.15. The first kappa shape index (κ1) is 22.5. The van der Waals surface area contributed by atoms with E-state index in [0.29, 0.717) is 5.69 Å². The Hall–Kier alpha value is -3.67. The maximum Gasteiger partial charge on any atom is 0.335 e. The van der Waals surface area contributed by atoms with Crippen LogP contribution in [0.15, 0.2) is 69.3 Å². The summed E-state index contributed by atoms with van der Waals surface area (Å²) >= 11 is 2.11. The molecular weight excluding hydrogens is 539 g/mol. The molecule has 9 nitrogen and oxygen atoms in total. The Morgan fingerprint density at radius 1 is 1.21 bits per heavy atom. The summed E-state index contributed by atoms with van der Waals surface area (Å²) in [5.74, 6) is -1.18. The van der Waals surface area contributed by atoms with Crippen molar-refractivity contribution in [3.8, 4) is 11.6 Å². The molecule has 0 radical (unpaired) electrons. The normalized spacial score (nSPS) is 12.3. The molecule has 0 bridgehead atoms. The smallest absolute Gasteiger partial charge is 0.335 e. The van der Waals surface area contributed by atoms with Gasteiger partial charge in [-0.15, -0.1) is 0 Å². The molecule has 0 spiro atoms. The average Bonchev–Trinajstić information content (AvgIpc) is 3.21. The van der Waals surface area contributed by atoms with Crippen LogP contribution in [-0.4, -0.2) is 45.0 Å². The zero-order chi connectivity index (χ0) is 23.5. The first-order valence-corrected chi connectivity index (χ1v) is 11.0. The Labute approximate surface area is 200 Å². The number of aromatic hydroxyl groups is 1. The number of fused-ring (bicyclic) bond motifs is 1. The number of nitrogens with one attached hydrogen (secondary N) is 2. The molecule has 2 heterocycles. The van der Waals surface area contributed by atoms with Gasteiger partial charge < -0.3 is 14.8 Å². The summed E-state index contributed by atoms with van der Waals surface area (Å²) < 4.78 is 6.78. The van der Waals surface area contributed by atoms with Crippen molar-refractivity contribution in [2.24, 2.45) is 4.99 Å². The van der Waals surface area contributed by atoms with Gasteiger partial charge >= 0.3 is 11.7 Å². The summed E-state index contributed by atoms with van der Waals surface area (Å²) in [7, 11) is 1.25. The summed E-state index contributed by atoms with van der Waals surface area (Å²) in [4.78, 5) is 46.7. The minimum absolute atomic E-state index is 0.211. The van der Waals surface area contributed by atoms with Crippen molar-refractivity contribution >= 4 is 45.7 Å². The van der Waals surface area contributed by atoms with Gasteiger partial charge in [-0.05, 0) is 58.5 Å². The molecule has 0 unspecified atom stereocenters. The Kier molecular flexibility index (Phi) is 6.45. The fourth-order valence-corrected chi connectivity index (χ4v) is 3.85. The summed E-state index contributed by atoms with van der Waals surface area (Å²) in [5.41, 5.74) is 0.268. The number of aromatic nitrogens is 3. The van der Waals surface area contributed by atoms with Gasteiger partial charge in [-0.2, -0.15) is 0 Å². The highest BCUT2D eigenvalue weighted by Crippen LogP contribution is 2.21.